The molecular formula is C17H19BrN2O2S. The van der Waals surface area contributed by atoms with Gasteiger partial charge >= 0.3 is 0 Å². The van der Waals surface area contributed by atoms with E-state index in [0.29, 0.717) is 4.88 Å². The van der Waals surface area contributed by atoms with E-state index in [-0.39, 0.29) is 18.4 Å². The number of likely N-dealkylation sites (N-methyl/N-ethyl adjacent to an activating group) is 2. The van der Waals surface area contributed by atoms with E-state index in [9.17, 15) is 9.59 Å². The van der Waals surface area contributed by atoms with Crippen molar-refractivity contribution in [1.82, 2.24) is 4.90 Å². The number of hydrogen-bond donors (Lipinski definition) is 0. The van der Waals surface area contributed by atoms with Crippen molar-refractivity contribution in [2.75, 3.05) is 25.5 Å². The lowest BCUT2D eigenvalue weighted by Gasteiger charge is -2.23. The van der Waals surface area contributed by atoms with Crippen LogP contribution in [0.15, 0.2) is 34.1 Å². The third kappa shape index (κ3) is 4.20. The topological polar surface area (TPSA) is 40.6 Å². The maximum atomic E-state index is 12.5. The Bertz CT molecular complexity index is 742. The van der Waals surface area contributed by atoms with Crippen LogP contribution < -0.4 is 4.90 Å². The van der Waals surface area contributed by atoms with Crippen molar-refractivity contribution in [2.45, 2.75) is 13.8 Å². The Hall–Kier alpha value is -1.66. The zero-order valence-electron chi connectivity index (χ0n) is 13.6. The summed E-state index contributed by atoms with van der Waals surface area (Å²) in [7, 11) is 3.38. The number of benzene rings is 1. The molecule has 122 valence electrons. The number of hydrogen-bond acceptors (Lipinski definition) is 3. The molecule has 2 amide bonds. The molecule has 0 unspecified atom stereocenters. The predicted octanol–water partition coefficient (Wildman–Crippen LogP) is 3.86. The molecule has 6 heteroatoms. The zero-order chi connectivity index (χ0) is 17.1. The Morgan fingerprint density at radius 3 is 2.43 bits per heavy atom. The van der Waals surface area contributed by atoms with Crippen LogP contribution in [0.25, 0.3) is 0 Å². The number of amides is 2. The molecule has 0 atom stereocenters. The van der Waals surface area contributed by atoms with Crippen molar-refractivity contribution in [3.8, 4) is 0 Å². The molecule has 1 heterocycles. The molecule has 0 radical (unpaired) electrons. The van der Waals surface area contributed by atoms with E-state index < -0.39 is 0 Å². The van der Waals surface area contributed by atoms with E-state index in [1.165, 1.54) is 16.2 Å². The van der Waals surface area contributed by atoms with Crippen LogP contribution in [0.4, 0.5) is 5.69 Å². The lowest BCUT2D eigenvalue weighted by Crippen LogP contribution is -2.39. The van der Waals surface area contributed by atoms with Gasteiger partial charge in [-0.25, -0.2) is 0 Å². The first-order valence-corrected chi connectivity index (χ1v) is 8.75. The molecule has 1 aromatic carbocycles. The molecular weight excluding hydrogens is 376 g/mol. The van der Waals surface area contributed by atoms with Crippen LogP contribution in [0, 0.1) is 13.8 Å². The van der Waals surface area contributed by atoms with Gasteiger partial charge in [0.1, 0.15) is 6.54 Å². The monoisotopic (exact) mass is 394 g/mol. The summed E-state index contributed by atoms with van der Waals surface area (Å²) < 4.78 is 0.896. The third-order valence-corrected chi connectivity index (χ3v) is 5.21. The van der Waals surface area contributed by atoms with E-state index in [0.717, 1.165) is 20.6 Å². The zero-order valence-corrected chi connectivity index (χ0v) is 16.0. The Morgan fingerprint density at radius 1 is 1.13 bits per heavy atom. The van der Waals surface area contributed by atoms with Gasteiger partial charge in [0.2, 0.25) is 5.91 Å². The largest absolute Gasteiger partial charge is 0.332 e. The quantitative estimate of drug-likeness (QED) is 0.789. The van der Waals surface area contributed by atoms with Gasteiger partial charge in [-0.1, -0.05) is 12.1 Å². The van der Waals surface area contributed by atoms with E-state index in [1.807, 2.05) is 38.1 Å². The number of nitrogens with zero attached hydrogens (tertiary/aromatic N) is 2. The van der Waals surface area contributed by atoms with Crippen molar-refractivity contribution in [3.63, 3.8) is 0 Å². The molecule has 0 spiro atoms. The lowest BCUT2D eigenvalue weighted by atomic mass is 10.1. The minimum atomic E-state index is -0.150. The molecule has 0 fully saturated rings. The maximum absolute atomic E-state index is 12.5. The fourth-order valence-electron chi connectivity index (χ4n) is 2.21. The van der Waals surface area contributed by atoms with Gasteiger partial charge in [0.05, 0.1) is 8.66 Å². The standard InChI is InChI=1S/C17H19BrN2O2S/c1-11-5-6-12(2)13(9-11)20(4)16(21)10-19(3)17(22)14-7-8-15(18)23-14/h5-9H,10H2,1-4H3. The molecule has 0 saturated carbocycles. The predicted molar refractivity (Wildman–Crippen MR) is 98.3 cm³/mol. The van der Waals surface area contributed by atoms with Crippen molar-refractivity contribution < 1.29 is 9.59 Å². The summed E-state index contributed by atoms with van der Waals surface area (Å²) in [5, 5.41) is 0. The molecule has 0 N–H and O–H groups in total. The highest BCUT2D eigenvalue weighted by Gasteiger charge is 2.20. The van der Waals surface area contributed by atoms with Crippen molar-refractivity contribution in [3.05, 3.63) is 50.1 Å². The summed E-state index contributed by atoms with van der Waals surface area (Å²) in [6.45, 7) is 4.00. The Morgan fingerprint density at radius 2 is 1.83 bits per heavy atom. The second kappa shape index (κ2) is 7.27. The number of halogens is 1. The first-order chi connectivity index (χ1) is 10.8. The summed E-state index contributed by atoms with van der Waals surface area (Å²) in [4.78, 5) is 28.5. The summed E-state index contributed by atoms with van der Waals surface area (Å²) in [6, 6.07) is 9.57. The van der Waals surface area contributed by atoms with Crippen LogP contribution in [0.3, 0.4) is 0 Å². The Kier molecular flexibility index (Phi) is 5.59. The summed E-state index contributed by atoms with van der Waals surface area (Å²) in [5.74, 6) is -0.270. The van der Waals surface area contributed by atoms with Gasteiger partial charge in [-0.3, -0.25) is 9.59 Å². The second-order valence-electron chi connectivity index (χ2n) is 5.51. The minimum Gasteiger partial charge on any atom is -0.332 e. The Balaban J connectivity index is 2.08. The maximum Gasteiger partial charge on any atom is 0.264 e. The van der Waals surface area contributed by atoms with Crippen LogP contribution in [-0.4, -0.2) is 37.4 Å². The van der Waals surface area contributed by atoms with Gasteiger partial charge in [-0.05, 0) is 59.1 Å². The van der Waals surface area contributed by atoms with Crippen molar-refractivity contribution >= 4 is 44.8 Å². The molecule has 0 aliphatic rings. The number of carbonyl (C=O) groups excluding carboxylic acids is 2. The van der Waals surface area contributed by atoms with Crippen LogP contribution in [-0.2, 0) is 4.79 Å². The van der Waals surface area contributed by atoms with E-state index in [1.54, 1.807) is 25.1 Å². The van der Waals surface area contributed by atoms with Gasteiger partial charge in [0, 0.05) is 19.8 Å². The number of thiophene rings is 1. The van der Waals surface area contributed by atoms with Crippen LogP contribution in [0.5, 0.6) is 0 Å². The van der Waals surface area contributed by atoms with Crippen molar-refractivity contribution in [2.24, 2.45) is 0 Å². The molecule has 0 aliphatic carbocycles. The molecule has 23 heavy (non-hydrogen) atoms. The molecule has 0 aliphatic heterocycles. The van der Waals surface area contributed by atoms with Crippen LogP contribution in [0.2, 0.25) is 0 Å². The summed E-state index contributed by atoms with van der Waals surface area (Å²) in [6.07, 6.45) is 0. The average molecular weight is 395 g/mol. The van der Waals surface area contributed by atoms with Gasteiger partial charge in [-0.2, -0.15) is 0 Å². The minimum absolute atomic E-state index is 0.0399. The van der Waals surface area contributed by atoms with E-state index in [4.69, 9.17) is 0 Å². The lowest BCUT2D eigenvalue weighted by molar-refractivity contribution is -0.118. The molecule has 0 saturated heterocycles. The highest BCUT2D eigenvalue weighted by Crippen LogP contribution is 2.23. The summed E-state index contributed by atoms with van der Waals surface area (Å²) in [5.41, 5.74) is 3.00. The van der Waals surface area contributed by atoms with Crippen molar-refractivity contribution in [1.29, 1.82) is 0 Å². The fourth-order valence-corrected chi connectivity index (χ4v) is 3.59. The molecule has 0 bridgehead atoms. The van der Waals surface area contributed by atoms with Gasteiger partial charge < -0.3 is 9.80 Å². The fraction of sp³-hybridized carbons (Fsp3) is 0.294. The van der Waals surface area contributed by atoms with Crippen LogP contribution in [0.1, 0.15) is 20.8 Å². The number of aryl methyl sites for hydroxylation is 2. The SMILES string of the molecule is Cc1ccc(C)c(N(C)C(=O)CN(C)C(=O)c2ccc(Br)s2)c1. The van der Waals surface area contributed by atoms with Crippen LogP contribution >= 0.6 is 27.3 Å². The third-order valence-electron chi connectivity index (χ3n) is 3.60. The second-order valence-corrected chi connectivity index (χ2v) is 7.97. The summed E-state index contributed by atoms with van der Waals surface area (Å²) >= 11 is 4.70. The smallest absolute Gasteiger partial charge is 0.264 e. The Labute approximate surface area is 148 Å². The molecule has 1 aromatic heterocycles. The van der Waals surface area contributed by atoms with Gasteiger partial charge in [0.15, 0.2) is 0 Å². The van der Waals surface area contributed by atoms with E-state index >= 15 is 0 Å². The van der Waals surface area contributed by atoms with E-state index in [2.05, 4.69) is 15.9 Å². The highest BCUT2D eigenvalue weighted by atomic mass is 79.9. The van der Waals surface area contributed by atoms with Gasteiger partial charge in [-0.15, -0.1) is 11.3 Å². The van der Waals surface area contributed by atoms with Gasteiger partial charge in [0.25, 0.3) is 5.91 Å². The highest BCUT2D eigenvalue weighted by molar-refractivity contribution is 9.11. The molecule has 2 rings (SSSR count). The average Bonchev–Trinajstić information content (AvgIpc) is 2.94. The number of anilines is 1. The first-order valence-electron chi connectivity index (χ1n) is 7.14. The number of rotatable bonds is 4. The molecule has 4 nitrogen and oxygen atoms in total. The first kappa shape index (κ1) is 17.7. The normalized spacial score (nSPS) is 10.5. The molecule has 2 aromatic rings. The number of carbonyl (C=O) groups is 2.